The monoisotopic (exact) mass is 259 g/mol. The van der Waals surface area contributed by atoms with Crippen LogP contribution in [0.15, 0.2) is 10.8 Å². The summed E-state index contributed by atoms with van der Waals surface area (Å²) in [5.41, 5.74) is 10.6. The van der Waals surface area contributed by atoms with E-state index in [9.17, 15) is 4.79 Å². The van der Waals surface area contributed by atoms with Gasteiger partial charge in [0.2, 0.25) is 5.91 Å². The lowest BCUT2D eigenvalue weighted by Gasteiger charge is -2.12. The Labute approximate surface area is 89.2 Å². The quantitative estimate of drug-likeness (QED) is 0.714. The lowest BCUT2D eigenvalue weighted by atomic mass is 10.3. The van der Waals surface area contributed by atoms with Crippen molar-refractivity contribution < 1.29 is 4.79 Å². The Bertz CT molecular complexity index is 356. The molecule has 1 atom stereocenters. The second-order valence-electron chi connectivity index (χ2n) is 2.69. The van der Waals surface area contributed by atoms with Gasteiger partial charge in [0.15, 0.2) is 0 Å². The van der Waals surface area contributed by atoms with Crippen molar-refractivity contribution in [1.82, 2.24) is 9.97 Å². The molecule has 1 unspecified atom stereocenters. The lowest BCUT2D eigenvalue weighted by Crippen LogP contribution is -2.32. The summed E-state index contributed by atoms with van der Waals surface area (Å²) in [6.07, 6.45) is 1.30. The minimum Gasteiger partial charge on any atom is -0.383 e. The van der Waals surface area contributed by atoms with Crippen LogP contribution in [0.25, 0.3) is 0 Å². The van der Waals surface area contributed by atoms with Gasteiger partial charge < -0.3 is 16.8 Å². The van der Waals surface area contributed by atoms with Crippen molar-refractivity contribution in [2.75, 3.05) is 11.1 Å². The van der Waals surface area contributed by atoms with Gasteiger partial charge in [-0.15, -0.1) is 0 Å². The number of nitrogens with two attached hydrogens (primary N) is 2. The molecule has 1 aromatic heterocycles. The molecule has 14 heavy (non-hydrogen) atoms. The van der Waals surface area contributed by atoms with E-state index in [4.69, 9.17) is 11.5 Å². The SMILES string of the molecule is CC(Nc1ncnc(N)c1Br)C(N)=O. The van der Waals surface area contributed by atoms with Crippen molar-refractivity contribution in [3.8, 4) is 0 Å². The van der Waals surface area contributed by atoms with E-state index in [0.717, 1.165) is 0 Å². The number of nitrogen functional groups attached to an aromatic ring is 1. The van der Waals surface area contributed by atoms with E-state index in [1.54, 1.807) is 6.92 Å². The summed E-state index contributed by atoms with van der Waals surface area (Å²) in [5.74, 6) is 0.289. The highest BCUT2D eigenvalue weighted by atomic mass is 79.9. The van der Waals surface area contributed by atoms with Crippen LogP contribution in [0.4, 0.5) is 11.6 Å². The third-order valence-corrected chi connectivity index (χ3v) is 2.38. The summed E-state index contributed by atoms with van der Waals surface area (Å²) in [6, 6.07) is -0.513. The molecule has 0 aliphatic heterocycles. The van der Waals surface area contributed by atoms with Crippen LogP contribution in [0.2, 0.25) is 0 Å². The summed E-state index contributed by atoms with van der Waals surface area (Å²) < 4.78 is 0.521. The minimum atomic E-state index is -0.513. The van der Waals surface area contributed by atoms with Gasteiger partial charge in [-0.05, 0) is 22.9 Å². The largest absolute Gasteiger partial charge is 0.383 e. The highest BCUT2D eigenvalue weighted by Gasteiger charge is 2.12. The number of anilines is 2. The number of hydrogen-bond donors (Lipinski definition) is 3. The van der Waals surface area contributed by atoms with Crippen LogP contribution >= 0.6 is 15.9 Å². The zero-order valence-electron chi connectivity index (χ0n) is 7.49. The maximum absolute atomic E-state index is 10.8. The number of carbonyl (C=O) groups is 1. The summed E-state index contributed by atoms with van der Waals surface area (Å²) in [7, 11) is 0. The molecule has 1 rings (SSSR count). The van der Waals surface area contributed by atoms with Crippen LogP contribution in [0, 0.1) is 0 Å². The van der Waals surface area contributed by atoms with E-state index in [1.165, 1.54) is 6.33 Å². The van der Waals surface area contributed by atoms with Gasteiger partial charge in [-0.2, -0.15) is 0 Å². The van der Waals surface area contributed by atoms with Crippen molar-refractivity contribution >= 4 is 33.5 Å². The zero-order chi connectivity index (χ0) is 10.7. The Kier molecular flexibility index (Phi) is 3.23. The van der Waals surface area contributed by atoms with Gasteiger partial charge in [0.1, 0.15) is 28.5 Å². The van der Waals surface area contributed by atoms with Crippen molar-refractivity contribution in [3.63, 3.8) is 0 Å². The molecule has 0 bridgehead atoms. The van der Waals surface area contributed by atoms with Crippen LogP contribution < -0.4 is 16.8 Å². The van der Waals surface area contributed by atoms with E-state index >= 15 is 0 Å². The molecule has 0 aliphatic carbocycles. The minimum absolute atomic E-state index is 0.305. The van der Waals surface area contributed by atoms with Gasteiger partial charge in [0, 0.05) is 0 Å². The van der Waals surface area contributed by atoms with Crippen LogP contribution in [-0.2, 0) is 4.79 Å². The summed E-state index contributed by atoms with van der Waals surface area (Å²) in [5, 5.41) is 2.80. The number of halogens is 1. The molecule has 1 heterocycles. The predicted molar refractivity (Wildman–Crippen MR) is 56.4 cm³/mol. The van der Waals surface area contributed by atoms with E-state index in [0.29, 0.717) is 16.1 Å². The van der Waals surface area contributed by atoms with Crippen molar-refractivity contribution in [2.24, 2.45) is 5.73 Å². The Morgan fingerprint density at radius 1 is 1.64 bits per heavy atom. The van der Waals surface area contributed by atoms with Gasteiger partial charge >= 0.3 is 0 Å². The highest BCUT2D eigenvalue weighted by Crippen LogP contribution is 2.24. The van der Waals surface area contributed by atoms with Crippen LogP contribution in [0.5, 0.6) is 0 Å². The molecule has 0 saturated heterocycles. The predicted octanol–water partition coefficient (Wildman–Crippen LogP) is 0.107. The van der Waals surface area contributed by atoms with E-state index in [1.807, 2.05) is 0 Å². The molecule has 1 aromatic rings. The molecule has 0 aliphatic rings. The maximum Gasteiger partial charge on any atom is 0.239 e. The second-order valence-corrected chi connectivity index (χ2v) is 3.48. The number of carbonyl (C=O) groups excluding carboxylic acids is 1. The molecule has 7 heteroatoms. The number of rotatable bonds is 3. The first-order valence-electron chi connectivity index (χ1n) is 3.84. The highest BCUT2D eigenvalue weighted by molar-refractivity contribution is 9.10. The number of nitrogens with one attached hydrogen (secondary N) is 1. The molecule has 0 aromatic carbocycles. The van der Waals surface area contributed by atoms with Crippen molar-refractivity contribution in [2.45, 2.75) is 13.0 Å². The third kappa shape index (κ3) is 2.32. The first kappa shape index (κ1) is 10.7. The average Bonchev–Trinajstić information content (AvgIpc) is 2.12. The van der Waals surface area contributed by atoms with E-state index in [-0.39, 0.29) is 0 Å². The molecule has 0 spiro atoms. The molecular formula is C7H10BrN5O. The molecule has 0 fully saturated rings. The number of hydrogen-bond acceptors (Lipinski definition) is 5. The zero-order valence-corrected chi connectivity index (χ0v) is 9.08. The second kappa shape index (κ2) is 4.23. The molecule has 0 radical (unpaired) electrons. The number of aromatic nitrogens is 2. The Hall–Kier alpha value is -1.37. The first-order chi connectivity index (χ1) is 6.52. The summed E-state index contributed by atoms with van der Waals surface area (Å²) in [6.45, 7) is 1.63. The van der Waals surface area contributed by atoms with Gasteiger partial charge in [-0.25, -0.2) is 9.97 Å². The third-order valence-electron chi connectivity index (χ3n) is 1.60. The fourth-order valence-corrected chi connectivity index (χ4v) is 1.08. The normalized spacial score (nSPS) is 12.1. The molecule has 0 saturated carbocycles. The Morgan fingerprint density at radius 3 is 2.86 bits per heavy atom. The number of primary amides is 1. The van der Waals surface area contributed by atoms with E-state index in [2.05, 4.69) is 31.2 Å². The van der Waals surface area contributed by atoms with Crippen molar-refractivity contribution in [1.29, 1.82) is 0 Å². The topological polar surface area (TPSA) is 107 Å². The smallest absolute Gasteiger partial charge is 0.239 e. The maximum atomic E-state index is 10.8. The van der Waals surface area contributed by atoms with Gasteiger partial charge in [0.25, 0.3) is 0 Å². The Balaban J connectivity index is 2.87. The summed E-state index contributed by atoms with van der Waals surface area (Å²) in [4.78, 5) is 18.4. The number of amides is 1. The fourth-order valence-electron chi connectivity index (χ4n) is 0.760. The number of nitrogens with zero attached hydrogens (tertiary/aromatic N) is 2. The molecule has 1 amide bonds. The van der Waals surface area contributed by atoms with E-state index < -0.39 is 11.9 Å². The molecule has 6 nitrogen and oxygen atoms in total. The van der Waals surface area contributed by atoms with Gasteiger partial charge in [-0.1, -0.05) is 0 Å². The average molecular weight is 260 g/mol. The van der Waals surface area contributed by atoms with Crippen LogP contribution in [0.3, 0.4) is 0 Å². The standard InChI is InChI=1S/C7H10BrN5O/c1-3(6(10)14)13-7-4(8)5(9)11-2-12-7/h2-3H,1H3,(H2,10,14)(H3,9,11,12,13). The van der Waals surface area contributed by atoms with Crippen molar-refractivity contribution in [3.05, 3.63) is 10.8 Å². The molecule has 5 N–H and O–H groups in total. The molecule has 76 valence electrons. The fraction of sp³-hybridized carbons (Fsp3) is 0.286. The first-order valence-corrected chi connectivity index (χ1v) is 4.63. The molecular weight excluding hydrogens is 250 g/mol. The van der Waals surface area contributed by atoms with Crippen LogP contribution in [0.1, 0.15) is 6.92 Å². The van der Waals surface area contributed by atoms with Crippen LogP contribution in [-0.4, -0.2) is 21.9 Å². The Morgan fingerprint density at radius 2 is 2.29 bits per heavy atom. The lowest BCUT2D eigenvalue weighted by molar-refractivity contribution is -0.118. The van der Waals surface area contributed by atoms with Gasteiger partial charge in [-0.3, -0.25) is 4.79 Å². The summed E-state index contributed by atoms with van der Waals surface area (Å²) >= 11 is 3.19. The van der Waals surface area contributed by atoms with Gasteiger partial charge in [0.05, 0.1) is 0 Å².